The molecule has 2 N–H and O–H groups in total. The smallest absolute Gasteiger partial charge is 0.228 e. The van der Waals surface area contributed by atoms with E-state index < -0.39 is 0 Å². The summed E-state index contributed by atoms with van der Waals surface area (Å²) in [7, 11) is 0. The van der Waals surface area contributed by atoms with Crippen molar-refractivity contribution in [3.8, 4) is 0 Å². The molecule has 1 aromatic carbocycles. The average molecular weight is 351 g/mol. The second-order valence-electron chi connectivity index (χ2n) is 7.52. The molecule has 1 heterocycles. The second-order valence-corrected chi connectivity index (χ2v) is 7.52. The highest BCUT2D eigenvalue weighted by Gasteiger charge is 2.57. The van der Waals surface area contributed by atoms with Crippen LogP contribution < -0.4 is 10.6 Å². The molecular weight excluding hydrogens is 324 g/mol. The lowest BCUT2D eigenvalue weighted by Gasteiger charge is -2.23. The second kappa shape index (κ2) is 7.42. The molecule has 2 aliphatic carbocycles. The van der Waals surface area contributed by atoms with Gasteiger partial charge in [-0.05, 0) is 74.2 Å². The number of rotatable bonds is 6. The molecule has 3 aliphatic rings. The molecule has 4 rings (SSSR count). The summed E-state index contributed by atoms with van der Waals surface area (Å²) < 4.78 is 5.73. The van der Waals surface area contributed by atoms with Crippen molar-refractivity contribution in [1.29, 1.82) is 0 Å². The summed E-state index contributed by atoms with van der Waals surface area (Å²) in [6.07, 6.45) is 5.97. The summed E-state index contributed by atoms with van der Waals surface area (Å²) in [5.74, 6) is 1.19. The first-order chi connectivity index (χ1) is 11.3. The van der Waals surface area contributed by atoms with Crippen LogP contribution in [0.3, 0.4) is 0 Å². The van der Waals surface area contributed by atoms with Gasteiger partial charge in [0.1, 0.15) is 0 Å². The van der Waals surface area contributed by atoms with Gasteiger partial charge in [-0.3, -0.25) is 4.79 Å². The molecule has 0 aromatic heterocycles. The largest absolute Gasteiger partial charge is 0.376 e. The third kappa shape index (κ3) is 4.11. The van der Waals surface area contributed by atoms with Crippen molar-refractivity contribution in [2.45, 2.75) is 38.7 Å². The minimum Gasteiger partial charge on any atom is -0.376 e. The Morgan fingerprint density at radius 3 is 2.83 bits per heavy atom. The van der Waals surface area contributed by atoms with E-state index in [4.69, 9.17) is 4.74 Å². The van der Waals surface area contributed by atoms with E-state index in [1.54, 1.807) is 0 Å². The highest BCUT2D eigenvalue weighted by molar-refractivity contribution is 5.95. The van der Waals surface area contributed by atoms with Crippen LogP contribution in [0.5, 0.6) is 0 Å². The van der Waals surface area contributed by atoms with Crippen LogP contribution in [0.15, 0.2) is 24.3 Å². The van der Waals surface area contributed by atoms with Gasteiger partial charge in [0.2, 0.25) is 5.91 Å². The van der Waals surface area contributed by atoms with Gasteiger partial charge in [-0.2, -0.15) is 0 Å². The maximum Gasteiger partial charge on any atom is 0.228 e. The van der Waals surface area contributed by atoms with Gasteiger partial charge in [0, 0.05) is 18.2 Å². The van der Waals surface area contributed by atoms with Crippen LogP contribution in [-0.4, -0.2) is 25.6 Å². The van der Waals surface area contributed by atoms with Gasteiger partial charge in [-0.1, -0.05) is 12.1 Å². The molecule has 1 saturated heterocycles. The number of piperidine rings is 1. The standard InChI is InChI=1S/C19H26N2O2.ClH/c22-18(17-11-19(17)6-8-20-9-7-19)21-16-3-1-2-15(10-16)13-23-12-14-4-5-14;/h1-3,10,14,17,20H,4-9,11-13H2,(H,21,22);1H. The van der Waals surface area contributed by atoms with E-state index in [0.717, 1.165) is 56.1 Å². The number of anilines is 1. The topological polar surface area (TPSA) is 50.4 Å². The number of amides is 1. The Balaban J connectivity index is 0.00000169. The normalized spacial score (nSPS) is 24.2. The zero-order chi connectivity index (χ0) is 15.7. The van der Waals surface area contributed by atoms with Crippen LogP contribution in [0.4, 0.5) is 5.69 Å². The molecule has 1 aliphatic heterocycles. The Hall–Kier alpha value is -1.10. The van der Waals surface area contributed by atoms with E-state index in [1.165, 1.54) is 12.8 Å². The number of nitrogens with one attached hydrogen (secondary N) is 2. The molecule has 5 heteroatoms. The Bertz CT molecular complexity index is 582. The fourth-order valence-corrected chi connectivity index (χ4v) is 3.79. The zero-order valence-electron chi connectivity index (χ0n) is 14.1. The summed E-state index contributed by atoms with van der Waals surface area (Å²) in [5, 5.41) is 6.50. The fourth-order valence-electron chi connectivity index (χ4n) is 3.79. The molecule has 1 atom stereocenters. The average Bonchev–Trinajstić information content (AvgIpc) is 3.47. The summed E-state index contributed by atoms with van der Waals surface area (Å²) in [6.45, 7) is 3.61. The van der Waals surface area contributed by atoms with E-state index in [2.05, 4.69) is 16.7 Å². The number of ether oxygens (including phenoxy) is 1. The molecule has 1 aromatic rings. The van der Waals surface area contributed by atoms with E-state index in [0.29, 0.717) is 12.0 Å². The van der Waals surface area contributed by atoms with Crippen molar-refractivity contribution in [2.24, 2.45) is 17.3 Å². The molecule has 1 unspecified atom stereocenters. The molecule has 1 spiro atoms. The number of carbonyl (C=O) groups is 1. The monoisotopic (exact) mass is 350 g/mol. The molecule has 2 saturated carbocycles. The van der Waals surface area contributed by atoms with E-state index in [1.807, 2.05) is 18.2 Å². The van der Waals surface area contributed by atoms with Gasteiger partial charge < -0.3 is 15.4 Å². The Kier molecular flexibility index (Phi) is 5.48. The van der Waals surface area contributed by atoms with Crippen molar-refractivity contribution in [3.05, 3.63) is 29.8 Å². The lowest BCUT2D eigenvalue weighted by Crippen LogP contribution is -2.31. The van der Waals surface area contributed by atoms with E-state index in [9.17, 15) is 4.79 Å². The molecule has 24 heavy (non-hydrogen) atoms. The van der Waals surface area contributed by atoms with E-state index in [-0.39, 0.29) is 24.2 Å². The van der Waals surface area contributed by atoms with Crippen LogP contribution in [-0.2, 0) is 16.1 Å². The summed E-state index contributed by atoms with van der Waals surface area (Å²) in [6, 6.07) is 8.08. The van der Waals surface area contributed by atoms with Crippen LogP contribution in [0.1, 0.15) is 37.7 Å². The molecular formula is C19H27ClN2O2. The minimum absolute atomic E-state index is 0. The highest BCUT2D eigenvalue weighted by Crippen LogP contribution is 2.58. The third-order valence-electron chi connectivity index (χ3n) is 5.62. The van der Waals surface area contributed by atoms with Gasteiger partial charge >= 0.3 is 0 Å². The van der Waals surface area contributed by atoms with Gasteiger partial charge in [0.25, 0.3) is 0 Å². The van der Waals surface area contributed by atoms with Gasteiger partial charge in [-0.25, -0.2) is 0 Å². The summed E-state index contributed by atoms with van der Waals surface area (Å²) >= 11 is 0. The van der Waals surface area contributed by atoms with Crippen molar-refractivity contribution in [3.63, 3.8) is 0 Å². The maximum atomic E-state index is 12.5. The number of hydrogen-bond acceptors (Lipinski definition) is 3. The fraction of sp³-hybridized carbons (Fsp3) is 0.632. The van der Waals surface area contributed by atoms with Crippen LogP contribution >= 0.6 is 12.4 Å². The quantitative estimate of drug-likeness (QED) is 0.827. The van der Waals surface area contributed by atoms with Gasteiger partial charge in [0.05, 0.1) is 6.61 Å². The number of carbonyl (C=O) groups excluding carboxylic acids is 1. The van der Waals surface area contributed by atoms with Crippen molar-refractivity contribution in [2.75, 3.05) is 25.0 Å². The highest BCUT2D eigenvalue weighted by atomic mass is 35.5. The van der Waals surface area contributed by atoms with Crippen LogP contribution in [0.25, 0.3) is 0 Å². The number of hydrogen-bond donors (Lipinski definition) is 2. The Labute approximate surface area is 150 Å². The molecule has 3 fully saturated rings. The SMILES string of the molecule is Cl.O=C(Nc1cccc(COCC2CC2)c1)C1CC12CCNCC2. The minimum atomic E-state index is 0. The predicted molar refractivity (Wildman–Crippen MR) is 97.3 cm³/mol. The first kappa shape index (κ1) is 17.7. The molecule has 0 radical (unpaired) electrons. The van der Waals surface area contributed by atoms with Crippen LogP contribution in [0.2, 0.25) is 0 Å². The van der Waals surface area contributed by atoms with E-state index >= 15 is 0 Å². The van der Waals surface area contributed by atoms with Crippen molar-refractivity contribution < 1.29 is 9.53 Å². The third-order valence-corrected chi connectivity index (χ3v) is 5.62. The first-order valence-electron chi connectivity index (χ1n) is 8.93. The Morgan fingerprint density at radius 1 is 1.29 bits per heavy atom. The maximum absolute atomic E-state index is 12.5. The Morgan fingerprint density at radius 2 is 2.08 bits per heavy atom. The first-order valence-corrected chi connectivity index (χ1v) is 8.93. The lowest BCUT2D eigenvalue weighted by molar-refractivity contribution is -0.118. The molecule has 132 valence electrons. The summed E-state index contributed by atoms with van der Waals surface area (Å²) in [4.78, 5) is 12.5. The molecule has 0 bridgehead atoms. The van der Waals surface area contributed by atoms with Crippen LogP contribution in [0, 0.1) is 17.3 Å². The van der Waals surface area contributed by atoms with Gasteiger partial charge in [-0.15, -0.1) is 12.4 Å². The number of benzene rings is 1. The van der Waals surface area contributed by atoms with Gasteiger partial charge in [0.15, 0.2) is 0 Å². The molecule has 4 nitrogen and oxygen atoms in total. The predicted octanol–water partition coefficient (Wildman–Crippen LogP) is 3.36. The van der Waals surface area contributed by atoms with Crippen molar-refractivity contribution in [1.82, 2.24) is 5.32 Å². The summed E-state index contributed by atoms with van der Waals surface area (Å²) in [5.41, 5.74) is 2.33. The molecule has 1 amide bonds. The van der Waals surface area contributed by atoms with Crippen molar-refractivity contribution >= 4 is 24.0 Å². The lowest BCUT2D eigenvalue weighted by atomic mass is 9.92. The zero-order valence-corrected chi connectivity index (χ0v) is 14.9. The number of halogens is 1.